The van der Waals surface area contributed by atoms with E-state index < -0.39 is 0 Å². The molecule has 1 N–H and O–H groups in total. The van der Waals surface area contributed by atoms with Crippen molar-refractivity contribution in [1.29, 1.82) is 0 Å². The summed E-state index contributed by atoms with van der Waals surface area (Å²) >= 11 is 0. The van der Waals surface area contributed by atoms with Gasteiger partial charge in [-0.05, 0) is 45.3 Å². The SMILES string of the molecule is CCCCN1CCC(NC(CC)C(=O)OC)CC1. The minimum atomic E-state index is -0.137. The third kappa shape index (κ3) is 4.94. The Hall–Kier alpha value is -0.610. The Morgan fingerprint density at radius 2 is 2.06 bits per heavy atom. The average Bonchev–Trinajstić information content (AvgIpc) is 2.43. The van der Waals surface area contributed by atoms with Crippen molar-refractivity contribution in [2.45, 2.75) is 58.0 Å². The number of nitrogens with one attached hydrogen (secondary N) is 1. The summed E-state index contributed by atoms with van der Waals surface area (Å²) in [5, 5.41) is 3.43. The number of hydrogen-bond donors (Lipinski definition) is 1. The highest BCUT2D eigenvalue weighted by Crippen LogP contribution is 2.12. The van der Waals surface area contributed by atoms with Crippen LogP contribution in [-0.2, 0) is 9.53 Å². The largest absolute Gasteiger partial charge is 0.468 e. The van der Waals surface area contributed by atoms with Gasteiger partial charge in [0.2, 0.25) is 0 Å². The molecule has 18 heavy (non-hydrogen) atoms. The average molecular weight is 256 g/mol. The molecule has 4 heteroatoms. The Bertz CT molecular complexity index is 238. The van der Waals surface area contributed by atoms with E-state index in [-0.39, 0.29) is 12.0 Å². The molecule has 0 aromatic rings. The first-order valence-electron chi connectivity index (χ1n) is 7.27. The molecule has 1 atom stereocenters. The summed E-state index contributed by atoms with van der Waals surface area (Å²) in [4.78, 5) is 14.1. The lowest BCUT2D eigenvalue weighted by Crippen LogP contribution is -2.49. The predicted octanol–water partition coefficient (Wildman–Crippen LogP) is 1.79. The van der Waals surface area contributed by atoms with Crippen molar-refractivity contribution >= 4 is 5.97 Å². The molecular formula is C14H28N2O2. The van der Waals surface area contributed by atoms with Gasteiger partial charge in [0.05, 0.1) is 7.11 Å². The summed E-state index contributed by atoms with van der Waals surface area (Å²) in [6, 6.07) is 0.328. The first-order valence-corrected chi connectivity index (χ1v) is 7.27. The van der Waals surface area contributed by atoms with Gasteiger partial charge in [-0.1, -0.05) is 20.3 Å². The highest BCUT2D eigenvalue weighted by atomic mass is 16.5. The van der Waals surface area contributed by atoms with Gasteiger partial charge in [0.1, 0.15) is 6.04 Å². The molecule has 1 heterocycles. The normalized spacial score (nSPS) is 19.7. The Morgan fingerprint density at radius 3 is 2.56 bits per heavy atom. The van der Waals surface area contributed by atoms with Gasteiger partial charge >= 0.3 is 5.97 Å². The van der Waals surface area contributed by atoms with Gasteiger partial charge in [0, 0.05) is 6.04 Å². The number of rotatable bonds is 7. The number of hydrogen-bond acceptors (Lipinski definition) is 4. The molecule has 1 fully saturated rings. The Kier molecular flexibility index (Phi) is 7.28. The van der Waals surface area contributed by atoms with Crippen LogP contribution in [0, 0.1) is 0 Å². The van der Waals surface area contributed by atoms with E-state index in [2.05, 4.69) is 17.1 Å². The van der Waals surface area contributed by atoms with E-state index in [1.807, 2.05) is 6.92 Å². The second-order valence-electron chi connectivity index (χ2n) is 5.12. The lowest BCUT2D eigenvalue weighted by atomic mass is 10.0. The molecule has 1 saturated heterocycles. The van der Waals surface area contributed by atoms with Crippen LogP contribution in [0.1, 0.15) is 46.0 Å². The number of methoxy groups -OCH3 is 1. The lowest BCUT2D eigenvalue weighted by Gasteiger charge is -2.33. The third-order valence-electron chi connectivity index (χ3n) is 3.75. The van der Waals surface area contributed by atoms with Crippen molar-refractivity contribution in [2.24, 2.45) is 0 Å². The van der Waals surface area contributed by atoms with E-state index in [0.717, 1.165) is 32.4 Å². The van der Waals surface area contributed by atoms with Gasteiger partial charge in [-0.15, -0.1) is 0 Å². The summed E-state index contributed by atoms with van der Waals surface area (Å²) < 4.78 is 4.81. The first-order chi connectivity index (χ1) is 8.71. The second kappa shape index (κ2) is 8.48. The molecule has 1 aliphatic heterocycles. The maximum atomic E-state index is 11.5. The zero-order chi connectivity index (χ0) is 13.4. The van der Waals surface area contributed by atoms with E-state index >= 15 is 0 Å². The van der Waals surface area contributed by atoms with Crippen molar-refractivity contribution in [1.82, 2.24) is 10.2 Å². The Labute approximate surface area is 111 Å². The van der Waals surface area contributed by atoms with Crippen LogP contribution in [0.25, 0.3) is 0 Å². The number of ether oxygens (including phenoxy) is 1. The molecule has 0 bridgehead atoms. The fraction of sp³-hybridized carbons (Fsp3) is 0.929. The molecule has 0 radical (unpaired) electrons. The van der Waals surface area contributed by atoms with Gasteiger partial charge < -0.3 is 15.0 Å². The standard InChI is InChI=1S/C14H28N2O2/c1-4-6-9-16-10-7-12(8-11-16)15-13(5-2)14(17)18-3/h12-13,15H,4-11H2,1-3H3. The summed E-state index contributed by atoms with van der Waals surface area (Å²) in [7, 11) is 1.46. The molecule has 0 spiro atoms. The first kappa shape index (κ1) is 15.4. The fourth-order valence-corrected chi connectivity index (χ4v) is 2.48. The topological polar surface area (TPSA) is 41.6 Å². The zero-order valence-electron chi connectivity index (χ0n) is 12.1. The van der Waals surface area contributed by atoms with E-state index in [1.165, 1.54) is 26.5 Å². The summed E-state index contributed by atoms with van der Waals surface area (Å²) in [6.07, 6.45) is 5.62. The maximum Gasteiger partial charge on any atom is 0.322 e. The fourth-order valence-electron chi connectivity index (χ4n) is 2.48. The molecule has 106 valence electrons. The van der Waals surface area contributed by atoms with Gasteiger partial charge in [0.15, 0.2) is 0 Å². The van der Waals surface area contributed by atoms with Gasteiger partial charge in [0.25, 0.3) is 0 Å². The van der Waals surface area contributed by atoms with Crippen molar-refractivity contribution in [2.75, 3.05) is 26.7 Å². The van der Waals surface area contributed by atoms with Crippen LogP contribution in [-0.4, -0.2) is 49.7 Å². The lowest BCUT2D eigenvalue weighted by molar-refractivity contribution is -0.143. The maximum absolute atomic E-state index is 11.5. The number of carbonyl (C=O) groups excluding carboxylic acids is 1. The number of nitrogens with zero attached hydrogens (tertiary/aromatic N) is 1. The van der Waals surface area contributed by atoms with Gasteiger partial charge in [-0.25, -0.2) is 0 Å². The molecule has 0 aromatic carbocycles. The van der Waals surface area contributed by atoms with E-state index in [1.54, 1.807) is 0 Å². The summed E-state index contributed by atoms with van der Waals surface area (Å²) in [5.41, 5.74) is 0. The molecule has 1 unspecified atom stereocenters. The van der Waals surface area contributed by atoms with Crippen molar-refractivity contribution in [3.8, 4) is 0 Å². The van der Waals surface area contributed by atoms with Crippen molar-refractivity contribution in [3.05, 3.63) is 0 Å². The van der Waals surface area contributed by atoms with Gasteiger partial charge in [-0.2, -0.15) is 0 Å². The molecule has 4 nitrogen and oxygen atoms in total. The highest BCUT2D eigenvalue weighted by molar-refractivity contribution is 5.75. The Balaban J connectivity index is 2.27. The number of carbonyl (C=O) groups is 1. The molecule has 0 aliphatic carbocycles. The van der Waals surface area contributed by atoms with Crippen LogP contribution in [0.15, 0.2) is 0 Å². The van der Waals surface area contributed by atoms with Crippen LogP contribution >= 0.6 is 0 Å². The monoisotopic (exact) mass is 256 g/mol. The number of esters is 1. The quantitative estimate of drug-likeness (QED) is 0.705. The van der Waals surface area contributed by atoms with E-state index in [0.29, 0.717) is 6.04 Å². The minimum absolute atomic E-state index is 0.133. The van der Waals surface area contributed by atoms with Crippen molar-refractivity contribution in [3.63, 3.8) is 0 Å². The summed E-state index contributed by atoms with van der Waals surface area (Å²) in [6.45, 7) is 7.77. The predicted molar refractivity (Wildman–Crippen MR) is 73.6 cm³/mol. The number of likely N-dealkylation sites (tertiary alicyclic amines) is 1. The smallest absolute Gasteiger partial charge is 0.322 e. The molecule has 1 aliphatic rings. The zero-order valence-corrected chi connectivity index (χ0v) is 12.1. The van der Waals surface area contributed by atoms with Crippen LogP contribution in [0.4, 0.5) is 0 Å². The van der Waals surface area contributed by atoms with Crippen molar-refractivity contribution < 1.29 is 9.53 Å². The third-order valence-corrected chi connectivity index (χ3v) is 3.75. The summed E-state index contributed by atoms with van der Waals surface area (Å²) in [5.74, 6) is -0.133. The highest BCUT2D eigenvalue weighted by Gasteiger charge is 2.24. The second-order valence-corrected chi connectivity index (χ2v) is 5.12. The van der Waals surface area contributed by atoms with Crippen LogP contribution in [0.2, 0.25) is 0 Å². The van der Waals surface area contributed by atoms with Crippen LogP contribution in [0.3, 0.4) is 0 Å². The van der Waals surface area contributed by atoms with Gasteiger partial charge in [-0.3, -0.25) is 4.79 Å². The van der Waals surface area contributed by atoms with E-state index in [4.69, 9.17) is 4.74 Å². The van der Waals surface area contributed by atoms with Crippen LogP contribution in [0.5, 0.6) is 0 Å². The molecular weight excluding hydrogens is 228 g/mol. The number of piperidine rings is 1. The van der Waals surface area contributed by atoms with E-state index in [9.17, 15) is 4.79 Å². The molecule has 0 saturated carbocycles. The van der Waals surface area contributed by atoms with Crippen LogP contribution < -0.4 is 5.32 Å². The molecule has 1 rings (SSSR count). The minimum Gasteiger partial charge on any atom is -0.468 e. The number of unbranched alkanes of at least 4 members (excludes halogenated alkanes) is 1. The Morgan fingerprint density at radius 1 is 1.39 bits per heavy atom. The molecule has 0 aromatic heterocycles. The molecule has 0 amide bonds.